The van der Waals surface area contributed by atoms with E-state index in [1.165, 1.54) is 0 Å². The topological polar surface area (TPSA) is 42.4 Å². The van der Waals surface area contributed by atoms with Crippen molar-refractivity contribution in [2.75, 3.05) is 13.2 Å². The van der Waals surface area contributed by atoms with Gasteiger partial charge >= 0.3 is 0 Å². The molecule has 1 atom stereocenters. The first kappa shape index (κ1) is 15.9. The molecule has 0 aliphatic carbocycles. The first-order valence-electron chi connectivity index (χ1n) is 8.52. The molecule has 1 fully saturated rings. The van der Waals surface area contributed by atoms with Crippen LogP contribution in [0.1, 0.15) is 38.2 Å². The van der Waals surface area contributed by atoms with Gasteiger partial charge in [-0.2, -0.15) is 0 Å². The van der Waals surface area contributed by atoms with Gasteiger partial charge in [-0.25, -0.2) is 0 Å². The number of aromatic nitrogens is 1. The van der Waals surface area contributed by atoms with Crippen molar-refractivity contribution in [3.8, 4) is 0 Å². The number of fused-ring (bicyclic) bond motifs is 1. The van der Waals surface area contributed by atoms with Crippen molar-refractivity contribution >= 4 is 16.8 Å². The number of rotatable bonds is 6. The molecule has 1 aliphatic heterocycles. The Morgan fingerprint density at radius 2 is 2.26 bits per heavy atom. The Bertz CT molecular complexity index is 665. The molecule has 2 heterocycles. The second kappa shape index (κ2) is 7.55. The number of pyridine rings is 1. The van der Waals surface area contributed by atoms with E-state index >= 15 is 0 Å². The summed E-state index contributed by atoms with van der Waals surface area (Å²) >= 11 is 0. The summed E-state index contributed by atoms with van der Waals surface area (Å²) in [5, 5.41) is 1.12. The largest absolute Gasteiger partial charge is 0.368 e. The van der Waals surface area contributed by atoms with Crippen LogP contribution < -0.4 is 0 Å². The van der Waals surface area contributed by atoms with E-state index in [0.717, 1.165) is 48.7 Å². The minimum Gasteiger partial charge on any atom is -0.368 e. The zero-order valence-electron chi connectivity index (χ0n) is 13.7. The predicted octanol–water partition coefficient (Wildman–Crippen LogP) is 3.54. The Labute approximate surface area is 137 Å². The number of carbonyl (C=O) groups is 1. The van der Waals surface area contributed by atoms with Gasteiger partial charge in [-0.3, -0.25) is 9.78 Å². The average Bonchev–Trinajstić information content (AvgIpc) is 3.12. The molecule has 4 heteroatoms. The van der Waals surface area contributed by atoms with E-state index in [9.17, 15) is 4.79 Å². The van der Waals surface area contributed by atoms with E-state index in [4.69, 9.17) is 4.74 Å². The van der Waals surface area contributed by atoms with Gasteiger partial charge in [-0.05, 0) is 37.0 Å². The number of benzene rings is 1. The second-order valence-corrected chi connectivity index (χ2v) is 6.15. The molecule has 1 aromatic heterocycles. The summed E-state index contributed by atoms with van der Waals surface area (Å²) in [6.45, 7) is 4.24. The minimum atomic E-state index is -0.250. The van der Waals surface area contributed by atoms with E-state index in [-0.39, 0.29) is 12.0 Å². The number of amides is 1. The highest BCUT2D eigenvalue weighted by atomic mass is 16.5. The Kier molecular flexibility index (Phi) is 5.23. The molecule has 0 unspecified atom stereocenters. The third-order valence-corrected chi connectivity index (χ3v) is 4.32. The van der Waals surface area contributed by atoms with Crippen molar-refractivity contribution in [1.82, 2.24) is 9.88 Å². The van der Waals surface area contributed by atoms with Crippen LogP contribution in [-0.4, -0.2) is 35.0 Å². The molecular weight excluding hydrogens is 288 g/mol. The van der Waals surface area contributed by atoms with Gasteiger partial charge in [0.25, 0.3) is 5.91 Å². The Morgan fingerprint density at radius 3 is 3.04 bits per heavy atom. The van der Waals surface area contributed by atoms with Gasteiger partial charge in [0.15, 0.2) is 0 Å². The smallest absolute Gasteiger partial charge is 0.251 e. The maximum absolute atomic E-state index is 12.7. The summed E-state index contributed by atoms with van der Waals surface area (Å²) in [6.07, 6.45) is 5.54. The molecule has 0 saturated carbocycles. The highest BCUT2D eigenvalue weighted by Gasteiger charge is 2.28. The summed E-state index contributed by atoms with van der Waals surface area (Å²) in [5.74, 6) is 0.129. The standard InChI is InChI=1S/C19H24N2O2/c1-2-3-10-21(19(22)18-9-6-11-23-18)14-15-12-16-7-4-5-8-17(16)20-13-15/h4-5,7-8,12-13,18H,2-3,6,9-11,14H2,1H3/t18-/m1/s1. The van der Waals surface area contributed by atoms with Gasteiger partial charge in [-0.1, -0.05) is 31.5 Å². The molecule has 1 aliphatic rings. The fourth-order valence-electron chi connectivity index (χ4n) is 3.02. The number of ether oxygens (including phenoxy) is 1. The van der Waals surface area contributed by atoms with Crippen LogP contribution >= 0.6 is 0 Å². The van der Waals surface area contributed by atoms with Crippen LogP contribution in [0.2, 0.25) is 0 Å². The van der Waals surface area contributed by atoms with Crippen LogP contribution in [0.25, 0.3) is 10.9 Å². The maximum Gasteiger partial charge on any atom is 0.251 e. The van der Waals surface area contributed by atoms with Crippen molar-refractivity contribution < 1.29 is 9.53 Å². The lowest BCUT2D eigenvalue weighted by Gasteiger charge is -2.25. The van der Waals surface area contributed by atoms with Crippen molar-refractivity contribution in [3.63, 3.8) is 0 Å². The van der Waals surface area contributed by atoms with E-state index in [0.29, 0.717) is 13.2 Å². The average molecular weight is 312 g/mol. The van der Waals surface area contributed by atoms with Crippen molar-refractivity contribution in [3.05, 3.63) is 42.1 Å². The molecule has 1 aromatic carbocycles. The van der Waals surface area contributed by atoms with Crippen LogP contribution in [0.3, 0.4) is 0 Å². The number of unbranched alkanes of at least 4 members (excludes halogenated alkanes) is 1. The molecule has 3 rings (SSSR count). The van der Waals surface area contributed by atoms with Crippen molar-refractivity contribution in [2.45, 2.75) is 45.3 Å². The van der Waals surface area contributed by atoms with Gasteiger partial charge in [0.05, 0.1) is 5.52 Å². The Morgan fingerprint density at radius 1 is 1.39 bits per heavy atom. The van der Waals surface area contributed by atoms with Crippen molar-refractivity contribution in [1.29, 1.82) is 0 Å². The van der Waals surface area contributed by atoms with Gasteiger partial charge in [0.2, 0.25) is 0 Å². The quantitative estimate of drug-likeness (QED) is 0.819. The van der Waals surface area contributed by atoms with E-state index in [2.05, 4.69) is 24.0 Å². The summed E-state index contributed by atoms with van der Waals surface area (Å²) in [6, 6.07) is 10.2. The lowest BCUT2D eigenvalue weighted by Crippen LogP contribution is -2.39. The summed E-state index contributed by atoms with van der Waals surface area (Å²) < 4.78 is 5.58. The molecule has 0 spiro atoms. The minimum absolute atomic E-state index is 0.129. The highest BCUT2D eigenvalue weighted by molar-refractivity contribution is 5.82. The number of hydrogen-bond donors (Lipinski definition) is 0. The fraction of sp³-hybridized carbons (Fsp3) is 0.474. The predicted molar refractivity (Wildman–Crippen MR) is 91.0 cm³/mol. The molecule has 2 aromatic rings. The zero-order chi connectivity index (χ0) is 16.1. The van der Waals surface area contributed by atoms with E-state index < -0.39 is 0 Å². The normalized spacial score (nSPS) is 17.5. The third kappa shape index (κ3) is 3.88. The molecule has 23 heavy (non-hydrogen) atoms. The second-order valence-electron chi connectivity index (χ2n) is 6.15. The summed E-state index contributed by atoms with van der Waals surface area (Å²) in [4.78, 5) is 19.1. The zero-order valence-corrected chi connectivity index (χ0v) is 13.7. The maximum atomic E-state index is 12.7. The molecule has 0 radical (unpaired) electrons. The number of hydrogen-bond acceptors (Lipinski definition) is 3. The van der Waals surface area contributed by atoms with E-state index in [1.54, 1.807) is 0 Å². The fourth-order valence-corrected chi connectivity index (χ4v) is 3.02. The third-order valence-electron chi connectivity index (χ3n) is 4.32. The summed E-state index contributed by atoms with van der Waals surface area (Å²) in [5.41, 5.74) is 2.06. The lowest BCUT2D eigenvalue weighted by atomic mass is 10.1. The van der Waals surface area contributed by atoms with Crippen LogP contribution in [0.4, 0.5) is 0 Å². The molecule has 1 saturated heterocycles. The SMILES string of the molecule is CCCCN(Cc1cnc2ccccc2c1)C(=O)[C@H]1CCCO1. The van der Waals surface area contributed by atoms with Crippen molar-refractivity contribution in [2.24, 2.45) is 0 Å². The molecule has 4 nitrogen and oxygen atoms in total. The molecule has 0 bridgehead atoms. The van der Waals surface area contributed by atoms with E-state index in [1.807, 2.05) is 29.3 Å². The molecular formula is C19H24N2O2. The van der Waals surface area contributed by atoms with Crippen LogP contribution in [0, 0.1) is 0 Å². The first-order valence-corrected chi connectivity index (χ1v) is 8.52. The first-order chi connectivity index (χ1) is 11.3. The van der Waals surface area contributed by atoms with Gasteiger partial charge < -0.3 is 9.64 Å². The molecule has 0 N–H and O–H groups in total. The Balaban J connectivity index is 1.76. The molecule has 122 valence electrons. The van der Waals surface area contributed by atoms with Crippen LogP contribution in [-0.2, 0) is 16.1 Å². The number of para-hydroxylation sites is 1. The van der Waals surface area contributed by atoms with Crippen LogP contribution in [0.15, 0.2) is 36.5 Å². The Hall–Kier alpha value is -1.94. The van der Waals surface area contributed by atoms with Gasteiger partial charge in [0, 0.05) is 31.3 Å². The van der Waals surface area contributed by atoms with Gasteiger partial charge in [-0.15, -0.1) is 0 Å². The van der Waals surface area contributed by atoms with Crippen LogP contribution in [0.5, 0.6) is 0 Å². The van der Waals surface area contributed by atoms with Gasteiger partial charge in [0.1, 0.15) is 6.10 Å². The number of carbonyl (C=O) groups excluding carboxylic acids is 1. The highest BCUT2D eigenvalue weighted by Crippen LogP contribution is 2.18. The molecule has 1 amide bonds. The number of nitrogens with zero attached hydrogens (tertiary/aromatic N) is 2. The lowest BCUT2D eigenvalue weighted by molar-refractivity contribution is -0.141. The summed E-state index contributed by atoms with van der Waals surface area (Å²) in [7, 11) is 0. The monoisotopic (exact) mass is 312 g/mol.